The maximum atomic E-state index is 6.22. The van der Waals surface area contributed by atoms with Gasteiger partial charge in [0.25, 0.3) is 0 Å². The van der Waals surface area contributed by atoms with Gasteiger partial charge < -0.3 is 11.5 Å². The molecule has 0 heterocycles. The molecular weight excluding hydrogens is 256 g/mol. The lowest BCUT2D eigenvalue weighted by Crippen LogP contribution is -2.49. The normalized spacial score (nSPS) is 12.0. The third kappa shape index (κ3) is 16.1. The number of hydrogen-bond donors (Lipinski definition) is 2. The summed E-state index contributed by atoms with van der Waals surface area (Å²) in [5.41, 5.74) is 12.0. The third-order valence-electron chi connectivity index (χ3n) is 4.49. The summed E-state index contributed by atoms with van der Waals surface area (Å²) in [7, 11) is 0. The minimum atomic E-state index is -0.410. The second kappa shape index (κ2) is 14.8. The smallest absolute Gasteiger partial charge is 0.0636 e. The predicted molar refractivity (Wildman–Crippen MR) is 96.3 cm³/mol. The Kier molecular flexibility index (Phi) is 14.8. The molecule has 0 aliphatic carbocycles. The zero-order chi connectivity index (χ0) is 15.8. The summed E-state index contributed by atoms with van der Waals surface area (Å²) in [5, 5.41) is 0. The first-order valence-electron chi connectivity index (χ1n) is 9.70. The second-order valence-electron chi connectivity index (χ2n) is 6.98. The number of nitrogens with two attached hydrogens (primary N) is 2. The van der Waals surface area contributed by atoms with Crippen LogP contribution in [0.15, 0.2) is 0 Å². The monoisotopic (exact) mass is 298 g/mol. The zero-order valence-electron chi connectivity index (χ0n) is 15.0. The van der Waals surface area contributed by atoms with E-state index in [0.717, 1.165) is 12.8 Å². The van der Waals surface area contributed by atoms with E-state index in [1.807, 2.05) is 0 Å². The second-order valence-corrected chi connectivity index (χ2v) is 6.98. The van der Waals surface area contributed by atoms with Crippen molar-refractivity contribution < 1.29 is 0 Å². The summed E-state index contributed by atoms with van der Waals surface area (Å²) in [5.74, 6) is 0. The quantitative estimate of drug-likeness (QED) is 0.276. The van der Waals surface area contributed by atoms with Crippen LogP contribution in [0, 0.1) is 0 Å². The van der Waals surface area contributed by atoms with Gasteiger partial charge >= 0.3 is 0 Å². The van der Waals surface area contributed by atoms with Gasteiger partial charge in [-0.05, 0) is 12.8 Å². The van der Waals surface area contributed by atoms with Gasteiger partial charge in [-0.15, -0.1) is 0 Å². The molecule has 0 rings (SSSR count). The van der Waals surface area contributed by atoms with Crippen LogP contribution in [0.25, 0.3) is 0 Å². The van der Waals surface area contributed by atoms with Gasteiger partial charge in [0.2, 0.25) is 0 Å². The highest BCUT2D eigenvalue weighted by atomic mass is 14.9. The SMILES string of the molecule is CCCCCCCCCC(N)(N)CCCCCCCCC. The largest absolute Gasteiger partial charge is 0.313 e. The van der Waals surface area contributed by atoms with Gasteiger partial charge in [-0.3, -0.25) is 0 Å². The molecule has 0 amide bonds. The molecule has 0 aromatic rings. The highest BCUT2D eigenvalue weighted by Crippen LogP contribution is 2.17. The maximum absolute atomic E-state index is 6.22. The Balaban J connectivity index is 3.35. The van der Waals surface area contributed by atoms with E-state index in [9.17, 15) is 0 Å². The van der Waals surface area contributed by atoms with Crippen LogP contribution in [0.5, 0.6) is 0 Å². The molecule has 0 aliphatic rings. The topological polar surface area (TPSA) is 52.0 Å². The highest BCUT2D eigenvalue weighted by molar-refractivity contribution is 4.76. The Labute approximate surface area is 134 Å². The van der Waals surface area contributed by atoms with Gasteiger partial charge in [0.15, 0.2) is 0 Å². The molecule has 128 valence electrons. The molecule has 0 unspecified atom stereocenters. The summed E-state index contributed by atoms with van der Waals surface area (Å²) < 4.78 is 0. The van der Waals surface area contributed by atoms with Crippen LogP contribution in [0.3, 0.4) is 0 Å². The highest BCUT2D eigenvalue weighted by Gasteiger charge is 2.17. The molecule has 0 saturated carbocycles. The first-order valence-corrected chi connectivity index (χ1v) is 9.70. The fourth-order valence-corrected chi connectivity index (χ4v) is 2.95. The van der Waals surface area contributed by atoms with E-state index < -0.39 is 5.66 Å². The Hall–Kier alpha value is -0.0800. The van der Waals surface area contributed by atoms with Gasteiger partial charge in [0, 0.05) is 0 Å². The van der Waals surface area contributed by atoms with Crippen molar-refractivity contribution in [1.82, 2.24) is 0 Å². The van der Waals surface area contributed by atoms with Crippen molar-refractivity contribution >= 4 is 0 Å². The summed E-state index contributed by atoms with van der Waals surface area (Å²) in [4.78, 5) is 0. The number of unbranched alkanes of at least 4 members (excludes halogenated alkanes) is 12. The molecule has 0 spiro atoms. The average Bonchev–Trinajstić information content (AvgIpc) is 2.45. The minimum absolute atomic E-state index is 0.410. The molecule has 4 N–H and O–H groups in total. The van der Waals surface area contributed by atoms with Crippen molar-refractivity contribution in [2.45, 2.75) is 122 Å². The fourth-order valence-electron chi connectivity index (χ4n) is 2.95. The molecule has 0 saturated heterocycles. The summed E-state index contributed by atoms with van der Waals surface area (Å²) in [6.45, 7) is 4.53. The first-order chi connectivity index (χ1) is 10.1. The molecule has 0 aromatic carbocycles. The lowest BCUT2D eigenvalue weighted by atomic mass is 9.95. The summed E-state index contributed by atoms with van der Waals surface area (Å²) in [6, 6.07) is 0. The Morgan fingerprint density at radius 2 is 0.762 bits per heavy atom. The molecule has 0 atom stereocenters. The minimum Gasteiger partial charge on any atom is -0.313 e. The van der Waals surface area contributed by atoms with Crippen molar-refractivity contribution in [2.24, 2.45) is 11.5 Å². The molecule has 21 heavy (non-hydrogen) atoms. The third-order valence-corrected chi connectivity index (χ3v) is 4.49. The lowest BCUT2D eigenvalue weighted by molar-refractivity contribution is 0.345. The van der Waals surface area contributed by atoms with Crippen molar-refractivity contribution in [2.75, 3.05) is 0 Å². The van der Waals surface area contributed by atoms with Gasteiger partial charge in [0.05, 0.1) is 5.66 Å². The van der Waals surface area contributed by atoms with E-state index in [-0.39, 0.29) is 0 Å². The van der Waals surface area contributed by atoms with E-state index in [4.69, 9.17) is 11.5 Å². The number of rotatable bonds is 16. The van der Waals surface area contributed by atoms with Gasteiger partial charge in [0.1, 0.15) is 0 Å². The number of hydrogen-bond acceptors (Lipinski definition) is 2. The predicted octanol–water partition coefficient (Wildman–Crippen LogP) is 5.88. The summed E-state index contributed by atoms with van der Waals surface area (Å²) >= 11 is 0. The Morgan fingerprint density at radius 3 is 1.10 bits per heavy atom. The van der Waals surface area contributed by atoms with Crippen LogP contribution < -0.4 is 11.5 Å². The molecule has 0 bridgehead atoms. The molecular formula is C19H42N2. The maximum Gasteiger partial charge on any atom is 0.0636 e. The van der Waals surface area contributed by atoms with E-state index in [0.29, 0.717) is 0 Å². The summed E-state index contributed by atoms with van der Waals surface area (Å²) in [6.07, 6.45) is 20.7. The zero-order valence-corrected chi connectivity index (χ0v) is 15.0. The van der Waals surface area contributed by atoms with E-state index >= 15 is 0 Å². The molecule has 0 aliphatic heterocycles. The van der Waals surface area contributed by atoms with Crippen LogP contribution in [-0.4, -0.2) is 5.66 Å². The van der Waals surface area contributed by atoms with Gasteiger partial charge in [-0.25, -0.2) is 0 Å². The van der Waals surface area contributed by atoms with Crippen molar-refractivity contribution in [3.05, 3.63) is 0 Å². The Morgan fingerprint density at radius 1 is 0.476 bits per heavy atom. The van der Waals surface area contributed by atoms with Gasteiger partial charge in [-0.2, -0.15) is 0 Å². The molecule has 2 nitrogen and oxygen atoms in total. The van der Waals surface area contributed by atoms with Crippen LogP contribution in [0.1, 0.15) is 117 Å². The van der Waals surface area contributed by atoms with Gasteiger partial charge in [-0.1, -0.05) is 104 Å². The Bertz CT molecular complexity index is 182. The first kappa shape index (κ1) is 20.9. The van der Waals surface area contributed by atoms with Crippen molar-refractivity contribution in [3.8, 4) is 0 Å². The van der Waals surface area contributed by atoms with Crippen molar-refractivity contribution in [1.29, 1.82) is 0 Å². The molecule has 0 radical (unpaired) electrons. The van der Waals surface area contributed by atoms with E-state index in [2.05, 4.69) is 13.8 Å². The molecule has 0 fully saturated rings. The molecule has 2 heteroatoms. The lowest BCUT2D eigenvalue weighted by Gasteiger charge is -2.24. The van der Waals surface area contributed by atoms with E-state index in [1.165, 1.54) is 89.9 Å². The molecule has 0 aromatic heterocycles. The standard InChI is InChI=1S/C19H42N2/c1-3-5-7-9-11-13-15-17-19(20,21)18-16-14-12-10-8-6-4-2/h3-18,20-21H2,1-2H3. The van der Waals surface area contributed by atoms with Crippen LogP contribution >= 0.6 is 0 Å². The average molecular weight is 299 g/mol. The van der Waals surface area contributed by atoms with Crippen LogP contribution in [0.4, 0.5) is 0 Å². The van der Waals surface area contributed by atoms with E-state index in [1.54, 1.807) is 0 Å². The van der Waals surface area contributed by atoms with Crippen LogP contribution in [-0.2, 0) is 0 Å². The van der Waals surface area contributed by atoms with Crippen molar-refractivity contribution in [3.63, 3.8) is 0 Å². The fraction of sp³-hybridized carbons (Fsp3) is 1.00. The van der Waals surface area contributed by atoms with Crippen LogP contribution in [0.2, 0.25) is 0 Å².